The van der Waals surface area contributed by atoms with Gasteiger partial charge in [-0.05, 0) is 19.8 Å². The van der Waals surface area contributed by atoms with E-state index < -0.39 is 0 Å². The minimum absolute atomic E-state index is 0.0608. The Bertz CT molecular complexity index is 125. The number of methoxy groups -OCH3 is 1. The summed E-state index contributed by atoms with van der Waals surface area (Å²) in [4.78, 5) is 10.8. The van der Waals surface area contributed by atoms with Gasteiger partial charge in [0.1, 0.15) is 5.78 Å². The lowest BCUT2D eigenvalue weighted by Gasteiger charge is -2.07. The third-order valence-electron chi connectivity index (χ3n) is 2.02. The highest BCUT2D eigenvalue weighted by Crippen LogP contribution is 2.46. The first kappa shape index (κ1) is 6.75. The number of hydrogen-bond donors (Lipinski definition) is 0. The highest BCUT2D eigenvalue weighted by molar-refractivity contribution is 5.85. The number of Topliss-reactive ketones (excluding diaryl/α,β-unsaturated/α-hetero) is 1. The van der Waals surface area contributed by atoms with Crippen molar-refractivity contribution in [1.82, 2.24) is 0 Å². The predicted molar refractivity (Wildman–Crippen MR) is 34.2 cm³/mol. The first-order valence-corrected chi connectivity index (χ1v) is 3.21. The lowest BCUT2D eigenvalue weighted by molar-refractivity contribution is -0.123. The number of ketones is 1. The van der Waals surface area contributed by atoms with Crippen LogP contribution in [0.15, 0.2) is 0 Å². The molecule has 52 valence electrons. The number of carbonyl (C=O) groups is 1. The predicted octanol–water partition coefficient (Wildman–Crippen LogP) is 1.00. The summed E-state index contributed by atoms with van der Waals surface area (Å²) in [5, 5.41) is 0. The second-order valence-corrected chi connectivity index (χ2v) is 2.77. The van der Waals surface area contributed by atoms with Gasteiger partial charge >= 0.3 is 0 Å². The lowest BCUT2D eigenvalue weighted by Crippen LogP contribution is -2.17. The average Bonchev–Trinajstić information content (AvgIpc) is 2.49. The van der Waals surface area contributed by atoms with Crippen LogP contribution in [0.1, 0.15) is 19.8 Å². The summed E-state index contributed by atoms with van der Waals surface area (Å²) in [5.74, 6) is 0.282. The number of carbonyl (C=O) groups excluding carboxylic acids is 1. The van der Waals surface area contributed by atoms with Crippen molar-refractivity contribution in [3.8, 4) is 0 Å². The monoisotopic (exact) mass is 128 g/mol. The van der Waals surface area contributed by atoms with Gasteiger partial charge in [0.25, 0.3) is 0 Å². The Hall–Kier alpha value is -0.370. The Morgan fingerprint density at radius 1 is 1.67 bits per heavy atom. The highest BCUT2D eigenvalue weighted by Gasteiger charge is 2.47. The summed E-state index contributed by atoms with van der Waals surface area (Å²) in [6.07, 6.45) is 2.05. The van der Waals surface area contributed by atoms with Crippen LogP contribution in [0.3, 0.4) is 0 Å². The van der Waals surface area contributed by atoms with Crippen LogP contribution in [-0.4, -0.2) is 19.5 Å². The fourth-order valence-corrected chi connectivity index (χ4v) is 1.03. The normalized spacial score (nSPS) is 21.6. The van der Waals surface area contributed by atoms with Crippen LogP contribution in [-0.2, 0) is 9.53 Å². The molecule has 0 radical (unpaired) electrons. The summed E-state index contributed by atoms with van der Waals surface area (Å²) in [6.45, 7) is 2.26. The van der Waals surface area contributed by atoms with Crippen molar-refractivity contribution in [1.29, 1.82) is 0 Å². The van der Waals surface area contributed by atoms with Gasteiger partial charge in [0, 0.05) is 7.11 Å². The van der Waals surface area contributed by atoms with Crippen molar-refractivity contribution in [3.63, 3.8) is 0 Å². The largest absolute Gasteiger partial charge is 0.384 e. The van der Waals surface area contributed by atoms with Crippen LogP contribution in [0.25, 0.3) is 0 Å². The highest BCUT2D eigenvalue weighted by atomic mass is 16.5. The van der Waals surface area contributed by atoms with E-state index in [2.05, 4.69) is 0 Å². The SMILES string of the molecule is COCC1(C(C)=O)CC1. The molecule has 0 saturated heterocycles. The van der Waals surface area contributed by atoms with Gasteiger partial charge in [0.15, 0.2) is 0 Å². The Morgan fingerprint density at radius 3 is 2.33 bits per heavy atom. The average molecular weight is 128 g/mol. The van der Waals surface area contributed by atoms with Gasteiger partial charge < -0.3 is 4.74 Å². The standard InChI is InChI=1S/C7H12O2/c1-6(8)7(3-4-7)5-9-2/h3-5H2,1-2H3. The van der Waals surface area contributed by atoms with Crippen LogP contribution >= 0.6 is 0 Å². The molecule has 0 bridgehead atoms. The van der Waals surface area contributed by atoms with Crippen LogP contribution in [0, 0.1) is 5.41 Å². The van der Waals surface area contributed by atoms with E-state index in [1.807, 2.05) is 0 Å². The molecule has 0 aromatic heterocycles. The zero-order valence-electron chi connectivity index (χ0n) is 5.94. The summed E-state index contributed by atoms with van der Waals surface area (Å²) >= 11 is 0. The molecule has 0 heterocycles. The van der Waals surface area contributed by atoms with E-state index in [9.17, 15) is 4.79 Å². The molecule has 0 N–H and O–H groups in total. The third kappa shape index (κ3) is 1.13. The Labute approximate surface area is 55.2 Å². The topological polar surface area (TPSA) is 26.3 Å². The van der Waals surface area contributed by atoms with Crippen LogP contribution in [0.4, 0.5) is 0 Å². The molecule has 0 unspecified atom stereocenters. The minimum Gasteiger partial charge on any atom is -0.384 e. The molecule has 1 aliphatic rings. The van der Waals surface area contributed by atoms with Crippen molar-refractivity contribution in [2.45, 2.75) is 19.8 Å². The van der Waals surface area contributed by atoms with Crippen LogP contribution in [0.5, 0.6) is 0 Å². The van der Waals surface area contributed by atoms with Gasteiger partial charge in [-0.25, -0.2) is 0 Å². The second-order valence-electron chi connectivity index (χ2n) is 2.77. The molecule has 2 nitrogen and oxygen atoms in total. The maximum Gasteiger partial charge on any atom is 0.138 e. The molecule has 1 aliphatic carbocycles. The molecule has 1 fully saturated rings. The first-order chi connectivity index (χ1) is 4.21. The molecule has 1 saturated carbocycles. The van der Waals surface area contributed by atoms with E-state index in [0.717, 1.165) is 12.8 Å². The molecule has 0 amide bonds. The molecule has 0 atom stereocenters. The summed E-state index contributed by atoms with van der Waals surface area (Å²) < 4.78 is 4.91. The maximum atomic E-state index is 10.8. The fraction of sp³-hybridized carbons (Fsp3) is 0.857. The van der Waals surface area contributed by atoms with E-state index in [0.29, 0.717) is 6.61 Å². The van der Waals surface area contributed by atoms with Gasteiger partial charge in [-0.3, -0.25) is 4.79 Å². The van der Waals surface area contributed by atoms with Crippen molar-refractivity contribution >= 4 is 5.78 Å². The van der Waals surface area contributed by atoms with Gasteiger partial charge in [-0.2, -0.15) is 0 Å². The van der Waals surface area contributed by atoms with Gasteiger partial charge in [0.2, 0.25) is 0 Å². The van der Waals surface area contributed by atoms with E-state index >= 15 is 0 Å². The van der Waals surface area contributed by atoms with Crippen LogP contribution in [0.2, 0.25) is 0 Å². The second kappa shape index (κ2) is 2.10. The summed E-state index contributed by atoms with van der Waals surface area (Å²) in [5.41, 5.74) is -0.0608. The van der Waals surface area contributed by atoms with Crippen molar-refractivity contribution in [3.05, 3.63) is 0 Å². The first-order valence-electron chi connectivity index (χ1n) is 3.21. The molecule has 0 aromatic carbocycles. The Balaban J connectivity index is 2.43. The Kier molecular flexibility index (Phi) is 1.58. The van der Waals surface area contributed by atoms with Crippen molar-refractivity contribution < 1.29 is 9.53 Å². The molecule has 2 heteroatoms. The van der Waals surface area contributed by atoms with Crippen LogP contribution < -0.4 is 0 Å². The molecule has 9 heavy (non-hydrogen) atoms. The van der Waals surface area contributed by atoms with Crippen molar-refractivity contribution in [2.75, 3.05) is 13.7 Å². The van der Waals surface area contributed by atoms with E-state index in [1.165, 1.54) is 0 Å². The Morgan fingerprint density at radius 2 is 2.22 bits per heavy atom. The lowest BCUT2D eigenvalue weighted by atomic mass is 10.0. The molecule has 0 aliphatic heterocycles. The maximum absolute atomic E-state index is 10.8. The molecule has 0 spiro atoms. The minimum atomic E-state index is -0.0608. The molecule has 1 rings (SSSR count). The zero-order valence-corrected chi connectivity index (χ0v) is 5.94. The van der Waals surface area contributed by atoms with E-state index in [1.54, 1.807) is 14.0 Å². The number of rotatable bonds is 3. The summed E-state index contributed by atoms with van der Waals surface area (Å²) in [6, 6.07) is 0. The van der Waals surface area contributed by atoms with Gasteiger partial charge in [0.05, 0.1) is 12.0 Å². The van der Waals surface area contributed by atoms with Gasteiger partial charge in [-0.15, -0.1) is 0 Å². The third-order valence-corrected chi connectivity index (χ3v) is 2.02. The fourth-order valence-electron chi connectivity index (χ4n) is 1.03. The van der Waals surface area contributed by atoms with E-state index in [4.69, 9.17) is 4.74 Å². The summed E-state index contributed by atoms with van der Waals surface area (Å²) in [7, 11) is 1.64. The number of ether oxygens (including phenoxy) is 1. The molecular formula is C7H12O2. The smallest absolute Gasteiger partial charge is 0.138 e. The van der Waals surface area contributed by atoms with Gasteiger partial charge in [-0.1, -0.05) is 0 Å². The number of hydrogen-bond acceptors (Lipinski definition) is 2. The quantitative estimate of drug-likeness (QED) is 0.566. The van der Waals surface area contributed by atoms with Crippen molar-refractivity contribution in [2.24, 2.45) is 5.41 Å². The zero-order chi connectivity index (χ0) is 6.91. The molecule has 0 aromatic rings. The van der Waals surface area contributed by atoms with E-state index in [-0.39, 0.29) is 11.2 Å². The molecular weight excluding hydrogens is 116 g/mol.